The molecule has 0 spiro atoms. The number of nitrogens with one attached hydrogen (secondary N) is 2. The van der Waals surface area contributed by atoms with Gasteiger partial charge in [-0.15, -0.1) is 0 Å². The van der Waals surface area contributed by atoms with Crippen LogP contribution >= 0.6 is 0 Å². The van der Waals surface area contributed by atoms with Crippen molar-refractivity contribution in [2.75, 3.05) is 10.0 Å². The summed E-state index contributed by atoms with van der Waals surface area (Å²) in [6.07, 6.45) is 0. The number of rotatable bonds is 6. The van der Waals surface area contributed by atoms with Gasteiger partial charge in [0.2, 0.25) is 0 Å². The number of aromatic nitrogens is 2. The van der Waals surface area contributed by atoms with E-state index in [2.05, 4.69) is 20.0 Å². The molecule has 0 saturated heterocycles. The van der Waals surface area contributed by atoms with E-state index in [1.165, 1.54) is 12.1 Å². The van der Waals surface area contributed by atoms with E-state index in [0.717, 1.165) is 11.1 Å². The number of para-hydroxylation sites is 2. The molecular formula is C23H21FN4O2S. The van der Waals surface area contributed by atoms with E-state index < -0.39 is 10.0 Å². The minimum absolute atomic E-state index is 0.0988. The third kappa shape index (κ3) is 4.64. The molecule has 0 bridgehead atoms. The van der Waals surface area contributed by atoms with Crippen molar-refractivity contribution in [2.24, 2.45) is 0 Å². The Morgan fingerprint density at radius 3 is 2.19 bits per heavy atom. The van der Waals surface area contributed by atoms with Crippen LogP contribution in [0.4, 0.5) is 16.0 Å². The highest BCUT2D eigenvalue weighted by molar-refractivity contribution is 7.92. The predicted octanol–water partition coefficient (Wildman–Crippen LogP) is 4.80. The fraction of sp³-hybridized carbons (Fsp3) is 0.130. The molecule has 1 aromatic heterocycles. The minimum Gasteiger partial charge on any atom is -0.363 e. The van der Waals surface area contributed by atoms with E-state index in [4.69, 9.17) is 0 Å². The van der Waals surface area contributed by atoms with Crippen molar-refractivity contribution >= 4 is 32.7 Å². The molecule has 31 heavy (non-hydrogen) atoms. The molecule has 0 aliphatic heterocycles. The Kier molecular flexibility index (Phi) is 5.56. The Bertz CT molecular complexity index is 1360. The highest BCUT2D eigenvalue weighted by Gasteiger charge is 2.21. The lowest BCUT2D eigenvalue weighted by Gasteiger charge is -2.15. The number of sulfonamides is 1. The smallest absolute Gasteiger partial charge is 0.263 e. The maximum Gasteiger partial charge on any atom is 0.263 e. The van der Waals surface area contributed by atoms with Crippen molar-refractivity contribution in [3.8, 4) is 0 Å². The Morgan fingerprint density at radius 2 is 1.52 bits per heavy atom. The second kappa shape index (κ2) is 8.31. The number of hydrogen-bond donors (Lipinski definition) is 2. The van der Waals surface area contributed by atoms with Crippen molar-refractivity contribution in [1.29, 1.82) is 0 Å². The monoisotopic (exact) mass is 436 g/mol. The van der Waals surface area contributed by atoms with Crippen LogP contribution in [-0.2, 0) is 16.6 Å². The van der Waals surface area contributed by atoms with Crippen molar-refractivity contribution in [3.63, 3.8) is 0 Å². The topological polar surface area (TPSA) is 84.0 Å². The number of halogens is 1. The molecule has 0 saturated carbocycles. The lowest BCUT2D eigenvalue weighted by molar-refractivity contribution is 0.600. The molecule has 6 nitrogen and oxygen atoms in total. The molecule has 0 aliphatic rings. The van der Waals surface area contributed by atoms with Gasteiger partial charge in [0.25, 0.3) is 10.0 Å². The number of benzene rings is 3. The van der Waals surface area contributed by atoms with Crippen LogP contribution in [0.2, 0.25) is 0 Å². The van der Waals surface area contributed by atoms with E-state index in [9.17, 15) is 12.8 Å². The Labute approximate surface area is 180 Å². The fourth-order valence-corrected chi connectivity index (χ4v) is 4.50. The third-order valence-corrected chi connectivity index (χ3v) is 6.29. The van der Waals surface area contributed by atoms with Gasteiger partial charge in [-0.2, -0.15) is 0 Å². The van der Waals surface area contributed by atoms with Gasteiger partial charge in [0, 0.05) is 6.54 Å². The molecule has 2 N–H and O–H groups in total. The number of hydrogen-bond acceptors (Lipinski definition) is 5. The molecule has 0 fully saturated rings. The predicted molar refractivity (Wildman–Crippen MR) is 120 cm³/mol. The first-order valence-corrected chi connectivity index (χ1v) is 11.2. The molecule has 0 atom stereocenters. The minimum atomic E-state index is -3.89. The van der Waals surface area contributed by atoms with Crippen molar-refractivity contribution < 1.29 is 12.8 Å². The summed E-state index contributed by atoms with van der Waals surface area (Å²) in [7, 11) is -3.89. The summed E-state index contributed by atoms with van der Waals surface area (Å²) in [4.78, 5) is 9.23. The third-order valence-electron chi connectivity index (χ3n) is 4.81. The van der Waals surface area contributed by atoms with Gasteiger partial charge in [0.1, 0.15) is 5.82 Å². The normalized spacial score (nSPS) is 11.5. The van der Waals surface area contributed by atoms with Crippen LogP contribution in [0.15, 0.2) is 71.6 Å². The van der Waals surface area contributed by atoms with E-state index in [1.54, 1.807) is 43.3 Å². The molecule has 4 aromatic rings. The van der Waals surface area contributed by atoms with Crippen LogP contribution in [0.25, 0.3) is 11.0 Å². The number of anilines is 2. The van der Waals surface area contributed by atoms with E-state index in [-0.39, 0.29) is 22.3 Å². The van der Waals surface area contributed by atoms with Gasteiger partial charge in [-0.1, -0.05) is 36.4 Å². The van der Waals surface area contributed by atoms with Gasteiger partial charge < -0.3 is 5.32 Å². The highest BCUT2D eigenvalue weighted by atomic mass is 32.2. The Balaban J connectivity index is 1.72. The molecule has 0 radical (unpaired) electrons. The lowest BCUT2D eigenvalue weighted by atomic mass is 10.2. The molecule has 0 unspecified atom stereocenters. The van der Waals surface area contributed by atoms with Crippen LogP contribution in [0, 0.1) is 19.7 Å². The van der Waals surface area contributed by atoms with Gasteiger partial charge in [0.05, 0.1) is 15.9 Å². The first-order chi connectivity index (χ1) is 14.8. The summed E-state index contributed by atoms with van der Waals surface area (Å²) < 4.78 is 42.0. The number of nitrogens with zero attached hydrogens (tertiary/aromatic N) is 2. The maximum absolute atomic E-state index is 13.2. The van der Waals surface area contributed by atoms with E-state index in [1.807, 2.05) is 25.1 Å². The first kappa shape index (κ1) is 20.7. The Hall–Kier alpha value is -3.52. The average molecular weight is 437 g/mol. The van der Waals surface area contributed by atoms with Gasteiger partial charge in [-0.3, -0.25) is 4.72 Å². The molecular weight excluding hydrogens is 415 g/mol. The summed E-state index contributed by atoms with van der Waals surface area (Å²) in [5.41, 5.74) is 3.48. The summed E-state index contributed by atoms with van der Waals surface area (Å²) in [5.74, 6) is 0.0647. The second-order valence-corrected chi connectivity index (χ2v) is 8.91. The molecule has 0 amide bonds. The Morgan fingerprint density at radius 1 is 0.871 bits per heavy atom. The van der Waals surface area contributed by atoms with Gasteiger partial charge >= 0.3 is 0 Å². The van der Waals surface area contributed by atoms with Gasteiger partial charge in [-0.25, -0.2) is 22.8 Å². The molecule has 3 aromatic carbocycles. The van der Waals surface area contributed by atoms with Gasteiger partial charge in [-0.05, 0) is 60.9 Å². The highest BCUT2D eigenvalue weighted by Crippen LogP contribution is 2.26. The van der Waals surface area contributed by atoms with E-state index >= 15 is 0 Å². The maximum atomic E-state index is 13.2. The molecule has 8 heteroatoms. The molecule has 0 aliphatic carbocycles. The van der Waals surface area contributed by atoms with Crippen LogP contribution in [-0.4, -0.2) is 18.4 Å². The van der Waals surface area contributed by atoms with Crippen LogP contribution in [0.3, 0.4) is 0 Å². The van der Waals surface area contributed by atoms with Crippen LogP contribution in [0.1, 0.15) is 16.7 Å². The summed E-state index contributed by atoms with van der Waals surface area (Å²) in [5, 5.41) is 3.12. The van der Waals surface area contributed by atoms with Crippen molar-refractivity contribution in [2.45, 2.75) is 25.3 Å². The van der Waals surface area contributed by atoms with Crippen molar-refractivity contribution in [3.05, 3.63) is 89.2 Å². The number of aryl methyl sites for hydroxylation is 2. The second-order valence-electron chi connectivity index (χ2n) is 7.26. The SMILES string of the molecule is Cc1ccc(C)c(S(=O)(=O)Nc2nc3ccccc3nc2NCc2ccc(F)cc2)c1. The molecule has 1 heterocycles. The summed E-state index contributed by atoms with van der Waals surface area (Å²) >= 11 is 0. The largest absolute Gasteiger partial charge is 0.363 e. The zero-order valence-electron chi connectivity index (χ0n) is 17.1. The van der Waals surface area contributed by atoms with Crippen LogP contribution < -0.4 is 10.0 Å². The molecule has 158 valence electrons. The first-order valence-electron chi connectivity index (χ1n) is 9.67. The van der Waals surface area contributed by atoms with E-state index in [0.29, 0.717) is 23.1 Å². The quantitative estimate of drug-likeness (QED) is 0.454. The molecule has 4 rings (SSSR count). The number of fused-ring (bicyclic) bond motifs is 1. The van der Waals surface area contributed by atoms with Gasteiger partial charge in [0.15, 0.2) is 11.6 Å². The summed E-state index contributed by atoms with van der Waals surface area (Å²) in [6.45, 7) is 3.91. The van der Waals surface area contributed by atoms with Crippen LogP contribution in [0.5, 0.6) is 0 Å². The standard InChI is InChI=1S/C23H21FN4O2S/c1-15-7-8-16(2)21(13-15)31(29,30)28-23-22(25-14-17-9-11-18(24)12-10-17)26-19-5-3-4-6-20(19)27-23/h3-13H,14H2,1-2H3,(H,25,26)(H,27,28). The zero-order chi connectivity index (χ0) is 22.0. The average Bonchev–Trinajstić information content (AvgIpc) is 2.74. The summed E-state index contributed by atoms with van der Waals surface area (Å²) in [6, 6.07) is 18.5. The fourth-order valence-electron chi connectivity index (χ4n) is 3.16. The zero-order valence-corrected chi connectivity index (χ0v) is 17.9. The van der Waals surface area contributed by atoms with Crippen molar-refractivity contribution in [1.82, 2.24) is 9.97 Å². The lowest BCUT2D eigenvalue weighted by Crippen LogP contribution is -2.17.